The van der Waals surface area contributed by atoms with Crippen LogP contribution in [-0.2, 0) is 0 Å². The Bertz CT molecular complexity index is 308. The number of aromatic nitrogens is 1. The fraction of sp³-hybridized carbons (Fsp3) is 0.727. The molecule has 1 aromatic heterocycles. The first-order valence-electron chi connectivity index (χ1n) is 5.38. The van der Waals surface area contributed by atoms with Crippen LogP contribution in [0.4, 0.5) is 5.13 Å². The molecule has 14 heavy (non-hydrogen) atoms. The zero-order valence-corrected chi connectivity index (χ0v) is 9.68. The van der Waals surface area contributed by atoms with Gasteiger partial charge in [0.25, 0.3) is 0 Å². The van der Waals surface area contributed by atoms with E-state index in [9.17, 15) is 0 Å². The Morgan fingerprint density at radius 1 is 1.36 bits per heavy atom. The van der Waals surface area contributed by atoms with E-state index >= 15 is 0 Å². The number of hydrogen-bond acceptors (Lipinski definition) is 3. The molecule has 0 radical (unpaired) electrons. The Labute approximate surface area is 89.5 Å². The van der Waals surface area contributed by atoms with Crippen LogP contribution in [-0.4, -0.2) is 4.98 Å². The van der Waals surface area contributed by atoms with Crippen LogP contribution in [0.15, 0.2) is 6.20 Å². The second kappa shape index (κ2) is 3.89. The lowest BCUT2D eigenvalue weighted by Crippen LogP contribution is -2.18. The molecule has 3 atom stereocenters. The van der Waals surface area contributed by atoms with E-state index < -0.39 is 0 Å². The van der Waals surface area contributed by atoms with Gasteiger partial charge in [-0.15, -0.1) is 11.3 Å². The van der Waals surface area contributed by atoms with Crippen LogP contribution in [0.25, 0.3) is 0 Å². The maximum atomic E-state index is 5.65. The maximum absolute atomic E-state index is 5.65. The summed E-state index contributed by atoms with van der Waals surface area (Å²) in [7, 11) is 0. The summed E-state index contributed by atoms with van der Waals surface area (Å²) >= 11 is 1.66. The molecule has 0 bridgehead atoms. The quantitative estimate of drug-likeness (QED) is 0.772. The minimum atomic E-state index is 0.714. The highest BCUT2D eigenvalue weighted by Gasteiger charge is 2.26. The van der Waals surface area contributed by atoms with Crippen molar-refractivity contribution in [2.45, 2.75) is 39.0 Å². The van der Waals surface area contributed by atoms with Crippen LogP contribution in [0.2, 0.25) is 0 Å². The molecule has 1 fully saturated rings. The van der Waals surface area contributed by atoms with Crippen molar-refractivity contribution in [1.82, 2.24) is 4.98 Å². The topological polar surface area (TPSA) is 38.9 Å². The Morgan fingerprint density at radius 3 is 2.71 bits per heavy atom. The summed E-state index contributed by atoms with van der Waals surface area (Å²) in [5, 5.41) is 0.714. The molecule has 3 heteroatoms. The molecule has 0 saturated heterocycles. The molecule has 0 aliphatic heterocycles. The summed E-state index contributed by atoms with van der Waals surface area (Å²) in [5.74, 6) is 2.45. The molecule has 1 aromatic rings. The molecule has 1 aliphatic carbocycles. The van der Waals surface area contributed by atoms with E-state index in [0.717, 1.165) is 17.8 Å². The van der Waals surface area contributed by atoms with Gasteiger partial charge in [-0.1, -0.05) is 13.8 Å². The summed E-state index contributed by atoms with van der Waals surface area (Å²) in [6.07, 6.45) is 5.94. The summed E-state index contributed by atoms with van der Waals surface area (Å²) in [4.78, 5) is 5.52. The number of hydrogen-bond donors (Lipinski definition) is 1. The van der Waals surface area contributed by atoms with Crippen molar-refractivity contribution >= 4 is 16.5 Å². The lowest BCUT2D eigenvalue weighted by atomic mass is 9.75. The Hall–Kier alpha value is -0.570. The number of rotatable bonds is 1. The number of nitrogens with two attached hydrogens (primary N) is 1. The second-order valence-electron chi connectivity index (χ2n) is 4.57. The molecule has 2 N–H and O–H groups in total. The van der Waals surface area contributed by atoms with E-state index in [0.29, 0.717) is 5.13 Å². The predicted molar refractivity (Wildman–Crippen MR) is 61.4 cm³/mol. The first kappa shape index (κ1) is 9.97. The van der Waals surface area contributed by atoms with E-state index in [1.165, 1.54) is 24.1 Å². The van der Waals surface area contributed by atoms with Crippen molar-refractivity contribution in [1.29, 1.82) is 0 Å². The third-order valence-electron chi connectivity index (χ3n) is 3.54. The number of nitrogens with zero attached hydrogens (tertiary/aromatic N) is 1. The smallest absolute Gasteiger partial charge is 0.180 e. The van der Waals surface area contributed by atoms with Crippen LogP contribution >= 0.6 is 11.3 Å². The van der Waals surface area contributed by atoms with Gasteiger partial charge in [0.05, 0.1) is 0 Å². The van der Waals surface area contributed by atoms with E-state index in [-0.39, 0.29) is 0 Å². The molecule has 78 valence electrons. The molecule has 0 spiro atoms. The van der Waals surface area contributed by atoms with E-state index in [1.807, 2.05) is 6.20 Å². The second-order valence-corrected chi connectivity index (χ2v) is 5.66. The minimum Gasteiger partial charge on any atom is -0.375 e. The van der Waals surface area contributed by atoms with E-state index in [1.54, 1.807) is 11.3 Å². The molecule has 3 unspecified atom stereocenters. The Balaban J connectivity index is 2.06. The molecular formula is C11H18N2S. The Kier molecular flexibility index (Phi) is 2.77. The summed E-state index contributed by atoms with van der Waals surface area (Å²) < 4.78 is 0. The van der Waals surface area contributed by atoms with Gasteiger partial charge in [0.2, 0.25) is 0 Å². The van der Waals surface area contributed by atoms with Crippen molar-refractivity contribution in [3.63, 3.8) is 0 Å². The highest BCUT2D eigenvalue weighted by atomic mass is 32.1. The standard InChI is InChI=1S/C11H18N2S/c1-7-3-4-9(5-8(7)2)10-6-13-11(12)14-10/h6-9H,3-5H2,1-2H3,(H2,12,13). The zero-order chi connectivity index (χ0) is 10.1. The predicted octanol–water partition coefficient (Wildman–Crippen LogP) is 3.27. The average molecular weight is 210 g/mol. The fourth-order valence-corrected chi connectivity index (χ4v) is 3.13. The monoisotopic (exact) mass is 210 g/mol. The first-order valence-corrected chi connectivity index (χ1v) is 6.19. The van der Waals surface area contributed by atoms with E-state index in [2.05, 4.69) is 18.8 Å². The molecule has 1 aliphatic rings. The van der Waals surface area contributed by atoms with Crippen LogP contribution in [0.1, 0.15) is 43.9 Å². The van der Waals surface area contributed by atoms with Crippen molar-refractivity contribution in [2.24, 2.45) is 11.8 Å². The molecule has 1 saturated carbocycles. The SMILES string of the molecule is CC1CCC(c2cnc(N)s2)CC1C. The summed E-state index contributed by atoms with van der Waals surface area (Å²) in [6, 6.07) is 0. The number of nitrogen functional groups attached to an aromatic ring is 1. The van der Waals surface area contributed by atoms with Crippen molar-refractivity contribution in [3.8, 4) is 0 Å². The molecular weight excluding hydrogens is 192 g/mol. The van der Waals surface area contributed by atoms with Gasteiger partial charge in [-0.2, -0.15) is 0 Å². The number of anilines is 1. The van der Waals surface area contributed by atoms with Crippen LogP contribution in [0.3, 0.4) is 0 Å². The van der Waals surface area contributed by atoms with Gasteiger partial charge in [-0.3, -0.25) is 0 Å². The van der Waals surface area contributed by atoms with Gasteiger partial charge in [0, 0.05) is 11.1 Å². The summed E-state index contributed by atoms with van der Waals surface area (Å²) in [6.45, 7) is 4.73. The fourth-order valence-electron chi connectivity index (χ4n) is 2.30. The van der Waals surface area contributed by atoms with Crippen LogP contribution < -0.4 is 5.73 Å². The molecule has 0 aromatic carbocycles. The number of thiazole rings is 1. The molecule has 2 rings (SSSR count). The van der Waals surface area contributed by atoms with Gasteiger partial charge in [-0.25, -0.2) is 4.98 Å². The van der Waals surface area contributed by atoms with Gasteiger partial charge < -0.3 is 5.73 Å². The Morgan fingerprint density at radius 2 is 2.14 bits per heavy atom. The average Bonchev–Trinajstić information content (AvgIpc) is 2.57. The van der Waals surface area contributed by atoms with Gasteiger partial charge in [0.15, 0.2) is 5.13 Å². The highest BCUT2D eigenvalue weighted by molar-refractivity contribution is 7.15. The third-order valence-corrected chi connectivity index (χ3v) is 4.53. The van der Waals surface area contributed by atoms with E-state index in [4.69, 9.17) is 5.73 Å². The molecule has 1 heterocycles. The highest BCUT2D eigenvalue weighted by Crippen LogP contribution is 2.41. The van der Waals surface area contributed by atoms with Gasteiger partial charge in [-0.05, 0) is 37.0 Å². The van der Waals surface area contributed by atoms with Crippen molar-refractivity contribution in [2.75, 3.05) is 5.73 Å². The molecule has 0 amide bonds. The van der Waals surface area contributed by atoms with Crippen LogP contribution in [0, 0.1) is 11.8 Å². The van der Waals surface area contributed by atoms with Crippen molar-refractivity contribution in [3.05, 3.63) is 11.1 Å². The molecule has 2 nitrogen and oxygen atoms in total. The normalized spacial score (nSPS) is 33.1. The largest absolute Gasteiger partial charge is 0.375 e. The lowest BCUT2D eigenvalue weighted by molar-refractivity contribution is 0.252. The minimum absolute atomic E-state index is 0.714. The summed E-state index contributed by atoms with van der Waals surface area (Å²) in [5.41, 5.74) is 5.65. The van der Waals surface area contributed by atoms with Crippen molar-refractivity contribution < 1.29 is 0 Å². The first-order chi connectivity index (χ1) is 6.66. The maximum Gasteiger partial charge on any atom is 0.180 e. The van der Waals surface area contributed by atoms with Gasteiger partial charge >= 0.3 is 0 Å². The van der Waals surface area contributed by atoms with Gasteiger partial charge in [0.1, 0.15) is 0 Å². The third kappa shape index (κ3) is 1.92. The van der Waals surface area contributed by atoms with Crippen LogP contribution in [0.5, 0.6) is 0 Å². The lowest BCUT2D eigenvalue weighted by Gasteiger charge is -2.31. The zero-order valence-electron chi connectivity index (χ0n) is 8.86.